The van der Waals surface area contributed by atoms with Gasteiger partial charge in [-0.15, -0.1) is 0 Å². The van der Waals surface area contributed by atoms with E-state index in [1.807, 2.05) is 0 Å². The summed E-state index contributed by atoms with van der Waals surface area (Å²) in [5.41, 5.74) is -1.45. The summed E-state index contributed by atoms with van der Waals surface area (Å²) < 4.78 is 43.5. The van der Waals surface area contributed by atoms with Crippen molar-refractivity contribution in [2.24, 2.45) is 0 Å². The van der Waals surface area contributed by atoms with Gasteiger partial charge in [-0.2, -0.15) is 18.3 Å². The predicted octanol–water partition coefficient (Wildman–Crippen LogP) is 1.45. The minimum absolute atomic E-state index is 0.0911. The third kappa shape index (κ3) is 2.13. The molecular formula is C8H8F3N3O2S. The Morgan fingerprint density at radius 2 is 2.18 bits per heavy atom. The third-order valence-electron chi connectivity index (χ3n) is 2.02. The van der Waals surface area contributed by atoms with Crippen molar-refractivity contribution in [2.45, 2.75) is 19.4 Å². The zero-order valence-electron chi connectivity index (χ0n) is 8.65. The number of alkyl halides is 3. The minimum Gasteiger partial charge on any atom is -0.390 e. The van der Waals surface area contributed by atoms with Gasteiger partial charge in [-0.05, 0) is 0 Å². The van der Waals surface area contributed by atoms with Crippen LogP contribution < -0.4 is 0 Å². The van der Waals surface area contributed by atoms with Crippen molar-refractivity contribution in [1.82, 2.24) is 14.6 Å². The summed E-state index contributed by atoms with van der Waals surface area (Å²) >= 11 is 0.993. The standard InChI is InChI=1S/C8H8F3N3O2S/c1-16-3-5-13-14-4(2-15)6(8(9,10)11)12-7(14)17-5/h15H,2-3H2,1H3. The average molecular weight is 267 g/mol. The Labute approximate surface area is 97.5 Å². The summed E-state index contributed by atoms with van der Waals surface area (Å²) in [7, 11) is 1.46. The first-order chi connectivity index (χ1) is 7.97. The van der Waals surface area contributed by atoms with Crippen LogP contribution in [0.15, 0.2) is 0 Å². The largest absolute Gasteiger partial charge is 0.435 e. The zero-order valence-corrected chi connectivity index (χ0v) is 9.47. The molecule has 2 heterocycles. The first-order valence-corrected chi connectivity index (χ1v) is 5.33. The van der Waals surface area contributed by atoms with Gasteiger partial charge in [0.1, 0.15) is 10.7 Å². The second-order valence-corrected chi connectivity index (χ2v) is 4.23. The summed E-state index contributed by atoms with van der Waals surface area (Å²) in [6, 6.07) is 0. The Balaban J connectivity index is 2.55. The molecule has 1 N–H and O–H groups in total. The van der Waals surface area contributed by atoms with E-state index in [1.165, 1.54) is 7.11 Å². The number of fused-ring (bicyclic) bond motifs is 1. The van der Waals surface area contributed by atoms with Crippen LogP contribution in [0.4, 0.5) is 13.2 Å². The number of aliphatic hydroxyl groups is 1. The van der Waals surface area contributed by atoms with Crippen LogP contribution in [0.1, 0.15) is 16.4 Å². The van der Waals surface area contributed by atoms with Gasteiger partial charge in [-0.25, -0.2) is 9.50 Å². The van der Waals surface area contributed by atoms with Crippen LogP contribution in [0.25, 0.3) is 4.96 Å². The molecule has 2 aromatic heterocycles. The van der Waals surface area contributed by atoms with Crippen molar-refractivity contribution in [3.63, 3.8) is 0 Å². The number of rotatable bonds is 3. The van der Waals surface area contributed by atoms with Gasteiger partial charge in [0.05, 0.1) is 13.2 Å². The lowest BCUT2D eigenvalue weighted by atomic mass is 10.3. The molecule has 0 amide bonds. The number of hydrogen-bond acceptors (Lipinski definition) is 5. The van der Waals surface area contributed by atoms with E-state index in [0.717, 1.165) is 15.9 Å². The highest BCUT2D eigenvalue weighted by molar-refractivity contribution is 7.16. The maximum Gasteiger partial charge on any atom is 0.435 e. The summed E-state index contributed by atoms with van der Waals surface area (Å²) in [4.78, 5) is 3.53. The van der Waals surface area contributed by atoms with Crippen LogP contribution in [0.2, 0.25) is 0 Å². The summed E-state index contributed by atoms with van der Waals surface area (Å²) in [6.45, 7) is -0.577. The summed E-state index contributed by atoms with van der Waals surface area (Å²) in [5, 5.41) is 13.4. The lowest BCUT2D eigenvalue weighted by Crippen LogP contribution is -2.10. The van der Waals surface area contributed by atoms with Gasteiger partial charge in [-0.3, -0.25) is 0 Å². The second kappa shape index (κ2) is 4.24. The van der Waals surface area contributed by atoms with Gasteiger partial charge in [-0.1, -0.05) is 11.3 Å². The number of hydrogen-bond donors (Lipinski definition) is 1. The lowest BCUT2D eigenvalue weighted by Gasteiger charge is -2.04. The van der Waals surface area contributed by atoms with Crippen molar-refractivity contribution < 1.29 is 23.0 Å². The molecule has 0 saturated carbocycles. The van der Waals surface area contributed by atoms with Crippen LogP contribution in [0, 0.1) is 0 Å². The first kappa shape index (κ1) is 12.3. The van der Waals surface area contributed by atoms with Gasteiger partial charge in [0.25, 0.3) is 0 Å². The Morgan fingerprint density at radius 3 is 2.71 bits per heavy atom. The van der Waals surface area contributed by atoms with Gasteiger partial charge in [0.15, 0.2) is 5.69 Å². The molecule has 0 bridgehead atoms. The molecule has 0 fully saturated rings. The van der Waals surface area contributed by atoms with Crippen LogP contribution in [0.3, 0.4) is 0 Å². The van der Waals surface area contributed by atoms with E-state index in [1.54, 1.807) is 0 Å². The third-order valence-corrected chi connectivity index (χ3v) is 2.91. The van der Waals surface area contributed by atoms with Crippen LogP contribution in [-0.4, -0.2) is 26.8 Å². The smallest absolute Gasteiger partial charge is 0.390 e. The van der Waals surface area contributed by atoms with E-state index in [2.05, 4.69) is 10.1 Å². The molecule has 0 atom stereocenters. The number of aliphatic hydroxyl groups excluding tert-OH is 1. The van der Waals surface area contributed by atoms with Gasteiger partial charge in [0.2, 0.25) is 4.96 Å². The molecule has 94 valence electrons. The Morgan fingerprint density at radius 1 is 1.47 bits per heavy atom. The fourth-order valence-corrected chi connectivity index (χ4v) is 2.26. The van der Waals surface area contributed by atoms with E-state index in [-0.39, 0.29) is 17.3 Å². The van der Waals surface area contributed by atoms with Crippen molar-refractivity contribution in [3.05, 3.63) is 16.4 Å². The molecule has 0 aliphatic rings. The fraction of sp³-hybridized carbons (Fsp3) is 0.500. The molecule has 0 aliphatic carbocycles. The normalized spacial score (nSPS) is 12.5. The fourth-order valence-electron chi connectivity index (χ4n) is 1.38. The van der Waals surface area contributed by atoms with Gasteiger partial charge in [0, 0.05) is 7.11 Å². The minimum atomic E-state index is -4.59. The van der Waals surface area contributed by atoms with Crippen LogP contribution >= 0.6 is 11.3 Å². The van der Waals surface area contributed by atoms with Crippen molar-refractivity contribution in [1.29, 1.82) is 0 Å². The number of halogens is 3. The van der Waals surface area contributed by atoms with Crippen molar-refractivity contribution in [2.75, 3.05) is 7.11 Å². The summed E-state index contributed by atoms with van der Waals surface area (Å²) in [5.74, 6) is 0. The number of aromatic nitrogens is 3. The molecule has 2 aromatic rings. The van der Waals surface area contributed by atoms with Crippen molar-refractivity contribution in [3.8, 4) is 0 Å². The molecule has 9 heteroatoms. The molecule has 0 unspecified atom stereocenters. The number of imidazole rings is 1. The average Bonchev–Trinajstić information content (AvgIpc) is 2.73. The highest BCUT2D eigenvalue weighted by Gasteiger charge is 2.38. The van der Waals surface area contributed by atoms with E-state index in [0.29, 0.717) is 5.01 Å². The first-order valence-electron chi connectivity index (χ1n) is 4.51. The number of nitrogens with zero attached hydrogens (tertiary/aromatic N) is 3. The Kier molecular flexibility index (Phi) is 3.06. The molecule has 0 aliphatic heterocycles. The second-order valence-electron chi connectivity index (χ2n) is 3.19. The quantitative estimate of drug-likeness (QED) is 0.914. The molecule has 0 aromatic carbocycles. The number of methoxy groups -OCH3 is 1. The molecule has 0 radical (unpaired) electrons. The van der Waals surface area contributed by atoms with E-state index in [4.69, 9.17) is 9.84 Å². The summed E-state index contributed by atoms with van der Waals surface area (Å²) in [6.07, 6.45) is -4.59. The van der Waals surface area contributed by atoms with Gasteiger partial charge >= 0.3 is 6.18 Å². The molecular weight excluding hydrogens is 259 g/mol. The highest BCUT2D eigenvalue weighted by atomic mass is 32.1. The maximum atomic E-state index is 12.6. The lowest BCUT2D eigenvalue weighted by molar-refractivity contribution is -0.142. The van der Waals surface area contributed by atoms with E-state index >= 15 is 0 Å². The molecule has 17 heavy (non-hydrogen) atoms. The zero-order chi connectivity index (χ0) is 12.6. The van der Waals surface area contributed by atoms with Crippen molar-refractivity contribution >= 4 is 16.3 Å². The number of ether oxygens (including phenoxy) is 1. The highest BCUT2D eigenvalue weighted by Crippen LogP contribution is 2.33. The van der Waals surface area contributed by atoms with Gasteiger partial charge < -0.3 is 9.84 Å². The Hall–Kier alpha value is -1.19. The van der Waals surface area contributed by atoms with E-state index < -0.39 is 18.5 Å². The monoisotopic (exact) mass is 267 g/mol. The topological polar surface area (TPSA) is 59.7 Å². The SMILES string of the molecule is COCc1nn2c(CO)c(C(F)(F)F)nc2s1. The molecule has 0 saturated heterocycles. The molecule has 2 rings (SSSR count). The molecule has 5 nitrogen and oxygen atoms in total. The predicted molar refractivity (Wildman–Crippen MR) is 52.5 cm³/mol. The van der Waals surface area contributed by atoms with Crippen LogP contribution in [-0.2, 0) is 24.1 Å². The Bertz CT molecular complexity index is 534. The molecule has 0 spiro atoms. The van der Waals surface area contributed by atoms with E-state index in [9.17, 15) is 13.2 Å². The maximum absolute atomic E-state index is 12.6. The van der Waals surface area contributed by atoms with Crippen LogP contribution in [0.5, 0.6) is 0 Å².